The van der Waals surface area contributed by atoms with Crippen molar-refractivity contribution in [3.05, 3.63) is 58.1 Å². The molecule has 0 bridgehead atoms. The fourth-order valence-electron chi connectivity index (χ4n) is 6.90. The van der Waals surface area contributed by atoms with Gasteiger partial charge in [0.1, 0.15) is 0 Å². The molecule has 11 nitrogen and oxygen atoms in total. The molecule has 16 heteroatoms. The van der Waals surface area contributed by atoms with E-state index < -0.39 is 45.0 Å². The molecule has 2 aromatic rings. The number of hydrogen-bond donors (Lipinski definition) is 3. The maximum Gasteiger partial charge on any atom is 0.418 e. The molecule has 0 radical (unpaired) electrons. The van der Waals surface area contributed by atoms with Gasteiger partial charge in [-0.2, -0.15) is 13.2 Å². The predicted molar refractivity (Wildman–Crippen MR) is 176 cm³/mol. The van der Waals surface area contributed by atoms with Crippen LogP contribution in [-0.4, -0.2) is 92.0 Å². The first-order chi connectivity index (χ1) is 22.6. The minimum Gasteiger partial charge on any atom is -0.398 e. The number of nitrogens with one attached hydrogen (secondary N) is 2. The van der Waals surface area contributed by atoms with Crippen LogP contribution in [0.2, 0.25) is 5.02 Å². The predicted octanol–water partition coefficient (Wildman–Crippen LogP) is 4.11. The fourth-order valence-corrected chi connectivity index (χ4v) is 8.04. The molecule has 0 unspecified atom stereocenters. The smallest absolute Gasteiger partial charge is 0.398 e. The van der Waals surface area contributed by atoms with Crippen LogP contribution in [-0.2, 0) is 38.6 Å². The first-order valence-electron chi connectivity index (χ1n) is 15.9. The molecule has 2 aromatic carbocycles. The summed E-state index contributed by atoms with van der Waals surface area (Å²) in [5, 5.41) is 2.31. The third kappa shape index (κ3) is 8.53. The molecule has 48 heavy (non-hydrogen) atoms. The van der Waals surface area contributed by atoms with Crippen molar-refractivity contribution in [1.82, 2.24) is 19.4 Å². The van der Waals surface area contributed by atoms with Crippen LogP contribution in [0.3, 0.4) is 0 Å². The van der Waals surface area contributed by atoms with Crippen LogP contribution in [0, 0.1) is 5.92 Å². The van der Waals surface area contributed by atoms with Crippen molar-refractivity contribution in [3.63, 3.8) is 0 Å². The maximum atomic E-state index is 14.1. The normalized spacial score (nSPS) is 19.0. The molecule has 262 valence electrons. The average Bonchev–Trinajstić information content (AvgIpc) is 3.19. The summed E-state index contributed by atoms with van der Waals surface area (Å²) in [6.45, 7) is 1.54. The van der Waals surface area contributed by atoms with Crippen molar-refractivity contribution in [2.24, 2.45) is 5.92 Å². The highest BCUT2D eigenvalue weighted by molar-refractivity contribution is 7.88. The molecular formula is C32H40ClF3N6O5S. The van der Waals surface area contributed by atoms with E-state index in [1.165, 1.54) is 17.0 Å². The standard InChI is InChI=1S/C32H40ClF3N6O5S/c1-48(46,47)39-23-9-13-41(14-10-23)30(44)22(18-21-6-7-25(37)29(33)28(21)32(34,35)36)19-27(43)40-15-11-24(12-16-40)42-17-8-20-4-2-3-5-26(20)38-31(42)45/h2-7,22-24,39H,8-19,37H2,1H3,(H,38,45)/t22-/m0/s1. The number of hydrogen-bond acceptors (Lipinski definition) is 6. The topological polar surface area (TPSA) is 145 Å². The summed E-state index contributed by atoms with van der Waals surface area (Å²) in [5.41, 5.74) is 5.88. The number of para-hydroxylation sites is 1. The second-order valence-electron chi connectivity index (χ2n) is 12.7. The highest BCUT2D eigenvalue weighted by atomic mass is 35.5. The molecule has 0 aromatic heterocycles. The first-order valence-corrected chi connectivity index (χ1v) is 18.2. The second-order valence-corrected chi connectivity index (χ2v) is 14.9. The Morgan fingerprint density at radius 1 is 1.02 bits per heavy atom. The minimum atomic E-state index is -4.85. The highest BCUT2D eigenvalue weighted by Crippen LogP contribution is 2.41. The van der Waals surface area contributed by atoms with Gasteiger partial charge in [0.2, 0.25) is 21.8 Å². The number of nitrogens with zero attached hydrogens (tertiary/aromatic N) is 3. The summed E-state index contributed by atoms with van der Waals surface area (Å²) in [6.07, 6.45) is -2.16. The number of anilines is 2. The van der Waals surface area contributed by atoms with E-state index >= 15 is 0 Å². The van der Waals surface area contributed by atoms with Crippen LogP contribution in [0.25, 0.3) is 0 Å². The molecule has 2 fully saturated rings. The number of nitrogens with two attached hydrogens (primary N) is 1. The molecule has 5 rings (SSSR count). The maximum absolute atomic E-state index is 14.1. The number of likely N-dealkylation sites (tertiary alicyclic amines) is 2. The van der Waals surface area contributed by atoms with Gasteiger partial charge in [0.05, 0.1) is 28.4 Å². The average molecular weight is 713 g/mol. The summed E-state index contributed by atoms with van der Waals surface area (Å²) < 4.78 is 68.3. The highest BCUT2D eigenvalue weighted by Gasteiger charge is 2.40. The van der Waals surface area contributed by atoms with Crippen molar-refractivity contribution < 1.29 is 36.0 Å². The van der Waals surface area contributed by atoms with Crippen molar-refractivity contribution in [2.75, 3.05) is 50.0 Å². The molecular weight excluding hydrogens is 673 g/mol. The number of sulfonamides is 1. The molecule has 0 aliphatic carbocycles. The van der Waals surface area contributed by atoms with Gasteiger partial charge in [-0.25, -0.2) is 17.9 Å². The molecule has 3 heterocycles. The van der Waals surface area contributed by atoms with Crippen LogP contribution in [0.1, 0.15) is 48.8 Å². The Hall–Kier alpha value is -3.56. The van der Waals surface area contributed by atoms with Gasteiger partial charge in [-0.1, -0.05) is 35.9 Å². The van der Waals surface area contributed by atoms with Crippen LogP contribution in [0.15, 0.2) is 36.4 Å². The zero-order valence-corrected chi connectivity index (χ0v) is 28.1. The zero-order chi connectivity index (χ0) is 34.8. The number of fused-ring (bicyclic) bond motifs is 1. The Balaban J connectivity index is 1.28. The largest absolute Gasteiger partial charge is 0.418 e. The Kier molecular flexibility index (Phi) is 10.8. The molecule has 3 aliphatic heterocycles. The van der Waals surface area contributed by atoms with Gasteiger partial charge >= 0.3 is 12.2 Å². The zero-order valence-electron chi connectivity index (χ0n) is 26.6. The number of urea groups is 1. The summed E-state index contributed by atoms with van der Waals surface area (Å²) >= 11 is 6.01. The van der Waals surface area contributed by atoms with E-state index in [0.717, 1.165) is 17.5 Å². The lowest BCUT2D eigenvalue weighted by Gasteiger charge is -2.38. The lowest BCUT2D eigenvalue weighted by atomic mass is 9.89. The Labute approximate surface area is 283 Å². The third-order valence-corrected chi connectivity index (χ3v) is 10.5. The number of carbonyl (C=O) groups is 3. The lowest BCUT2D eigenvalue weighted by molar-refractivity contribution is -0.143. The van der Waals surface area contributed by atoms with Gasteiger partial charge in [0, 0.05) is 56.9 Å². The van der Waals surface area contributed by atoms with Gasteiger partial charge in [-0.05, 0) is 61.8 Å². The van der Waals surface area contributed by atoms with Crippen molar-refractivity contribution in [3.8, 4) is 0 Å². The Bertz CT molecular complexity index is 1640. The first kappa shape index (κ1) is 35.7. The molecule has 2 saturated heterocycles. The molecule has 0 saturated carbocycles. The SMILES string of the molecule is CS(=O)(=O)NC1CCN(C(=O)[C@H](CC(=O)N2CCC(N3CCc4ccccc4NC3=O)CC2)Cc2ccc(N)c(Cl)c2C(F)(F)F)CC1. The number of alkyl halides is 3. The quantitative estimate of drug-likeness (QED) is 0.352. The fraction of sp³-hybridized carbons (Fsp3) is 0.531. The van der Waals surface area contributed by atoms with E-state index in [-0.39, 0.29) is 54.8 Å². The van der Waals surface area contributed by atoms with Gasteiger partial charge in [-0.3, -0.25) is 9.59 Å². The van der Waals surface area contributed by atoms with E-state index in [1.54, 1.807) is 9.80 Å². The molecule has 4 amide bonds. The number of rotatable bonds is 8. The number of halogens is 4. The third-order valence-electron chi connectivity index (χ3n) is 9.37. The van der Waals surface area contributed by atoms with Gasteiger partial charge in [0.15, 0.2) is 0 Å². The van der Waals surface area contributed by atoms with Crippen molar-refractivity contribution >= 4 is 50.8 Å². The van der Waals surface area contributed by atoms with E-state index in [4.69, 9.17) is 17.3 Å². The second kappa shape index (κ2) is 14.5. The van der Waals surface area contributed by atoms with Crippen LogP contribution in [0.4, 0.5) is 29.3 Å². The van der Waals surface area contributed by atoms with E-state index in [2.05, 4.69) is 10.0 Å². The monoisotopic (exact) mass is 712 g/mol. The number of benzene rings is 2. The molecule has 4 N–H and O–H groups in total. The number of piperidine rings is 2. The molecule has 1 atom stereocenters. The Morgan fingerprint density at radius 2 is 1.67 bits per heavy atom. The summed E-state index contributed by atoms with van der Waals surface area (Å²) in [5.74, 6) is -1.99. The number of amides is 4. The molecule has 3 aliphatic rings. The van der Waals surface area contributed by atoms with Gasteiger partial charge in [0.25, 0.3) is 0 Å². The van der Waals surface area contributed by atoms with Crippen LogP contribution in [0.5, 0.6) is 0 Å². The van der Waals surface area contributed by atoms with E-state index in [1.807, 2.05) is 24.3 Å². The Morgan fingerprint density at radius 3 is 2.31 bits per heavy atom. The summed E-state index contributed by atoms with van der Waals surface area (Å²) in [6, 6.07) is 9.38. The minimum absolute atomic E-state index is 0.103. The van der Waals surface area contributed by atoms with Crippen LogP contribution < -0.4 is 15.8 Å². The van der Waals surface area contributed by atoms with E-state index in [9.17, 15) is 36.0 Å². The van der Waals surface area contributed by atoms with Crippen molar-refractivity contribution in [1.29, 1.82) is 0 Å². The van der Waals surface area contributed by atoms with Gasteiger partial charge in [-0.15, -0.1) is 0 Å². The molecule has 0 spiro atoms. The number of carbonyl (C=O) groups excluding carboxylic acids is 3. The number of nitrogen functional groups attached to an aromatic ring is 1. The van der Waals surface area contributed by atoms with Gasteiger partial charge < -0.3 is 25.8 Å². The summed E-state index contributed by atoms with van der Waals surface area (Å²) in [4.78, 5) is 45.4. The van der Waals surface area contributed by atoms with Crippen molar-refractivity contribution in [2.45, 2.75) is 63.2 Å². The van der Waals surface area contributed by atoms with E-state index in [0.29, 0.717) is 51.7 Å². The summed E-state index contributed by atoms with van der Waals surface area (Å²) in [7, 11) is -3.46. The van der Waals surface area contributed by atoms with Crippen LogP contribution >= 0.6 is 11.6 Å². The lowest BCUT2D eigenvalue weighted by Crippen LogP contribution is -2.51.